The zero-order valence-electron chi connectivity index (χ0n) is 17.9. The molecule has 1 aliphatic heterocycles. The average Bonchev–Trinajstić information content (AvgIpc) is 2.75. The first-order valence-corrected chi connectivity index (χ1v) is 11.7. The van der Waals surface area contributed by atoms with Gasteiger partial charge in [-0.25, -0.2) is 4.98 Å². The predicted molar refractivity (Wildman–Crippen MR) is 122 cm³/mol. The highest BCUT2D eigenvalue weighted by atomic mass is 15.3. The molecule has 0 aliphatic carbocycles. The van der Waals surface area contributed by atoms with Crippen LogP contribution in [-0.4, -0.2) is 42.6 Å². The van der Waals surface area contributed by atoms with Crippen molar-refractivity contribution in [3.63, 3.8) is 0 Å². The molecule has 1 aromatic carbocycles. The van der Waals surface area contributed by atoms with Crippen molar-refractivity contribution in [3.8, 4) is 0 Å². The summed E-state index contributed by atoms with van der Waals surface area (Å²) in [6.45, 7) is 8.11. The predicted octanol–water partition coefficient (Wildman–Crippen LogP) is 6.28. The monoisotopic (exact) mass is 381 g/mol. The lowest BCUT2D eigenvalue weighted by Crippen LogP contribution is -2.46. The molecule has 3 rings (SSSR count). The molecule has 0 saturated carbocycles. The zero-order chi connectivity index (χ0) is 19.4. The smallest absolute Gasteiger partial charge is 0.129 e. The second-order valence-electron chi connectivity index (χ2n) is 8.37. The topological polar surface area (TPSA) is 19.4 Å². The van der Waals surface area contributed by atoms with Crippen LogP contribution >= 0.6 is 0 Å². The van der Waals surface area contributed by atoms with E-state index in [0.29, 0.717) is 0 Å². The van der Waals surface area contributed by atoms with Gasteiger partial charge >= 0.3 is 0 Å². The number of unbranched alkanes of at least 4 members (excludes halogenated alkanes) is 9. The maximum Gasteiger partial charge on any atom is 0.129 e. The SMILES string of the molecule is CCCCCCCCCCCCN1CCN(c2ccc3ccccc3n2)CC1. The Morgan fingerprint density at radius 3 is 2.07 bits per heavy atom. The minimum absolute atomic E-state index is 1.10. The van der Waals surface area contributed by atoms with Gasteiger partial charge in [-0.3, -0.25) is 4.90 Å². The first-order valence-electron chi connectivity index (χ1n) is 11.7. The third kappa shape index (κ3) is 6.77. The second kappa shape index (κ2) is 12.1. The van der Waals surface area contributed by atoms with E-state index in [1.54, 1.807) is 0 Å². The fourth-order valence-electron chi connectivity index (χ4n) is 4.25. The molecule has 0 spiro atoms. The molecule has 0 atom stereocenters. The molecule has 1 saturated heterocycles. The van der Waals surface area contributed by atoms with Crippen LogP contribution in [0.2, 0.25) is 0 Å². The van der Waals surface area contributed by atoms with Crippen molar-refractivity contribution < 1.29 is 0 Å². The van der Waals surface area contributed by atoms with E-state index in [4.69, 9.17) is 4.98 Å². The summed E-state index contributed by atoms with van der Waals surface area (Å²) < 4.78 is 0. The number of aromatic nitrogens is 1. The van der Waals surface area contributed by atoms with Crippen molar-refractivity contribution in [2.45, 2.75) is 71.1 Å². The fourth-order valence-corrected chi connectivity index (χ4v) is 4.25. The van der Waals surface area contributed by atoms with E-state index in [9.17, 15) is 0 Å². The first-order chi connectivity index (χ1) is 13.9. The van der Waals surface area contributed by atoms with Crippen molar-refractivity contribution in [1.29, 1.82) is 0 Å². The Hall–Kier alpha value is -1.61. The maximum atomic E-state index is 4.86. The lowest BCUT2D eigenvalue weighted by Gasteiger charge is -2.35. The minimum atomic E-state index is 1.10. The molecule has 0 unspecified atom stereocenters. The number of nitrogens with zero attached hydrogens (tertiary/aromatic N) is 3. The van der Waals surface area contributed by atoms with Crippen LogP contribution in [0.4, 0.5) is 5.82 Å². The number of fused-ring (bicyclic) bond motifs is 1. The Balaban J connectivity index is 1.26. The highest BCUT2D eigenvalue weighted by molar-refractivity contribution is 5.80. The molecule has 0 radical (unpaired) electrons. The van der Waals surface area contributed by atoms with Gasteiger partial charge < -0.3 is 4.90 Å². The molecule has 154 valence electrons. The standard InChI is InChI=1S/C25H39N3/c1-2-3-4-5-6-7-8-9-10-13-18-27-19-21-28(22-20-27)25-17-16-23-14-11-12-15-24(23)26-25/h11-12,14-17H,2-10,13,18-22H2,1H3. The summed E-state index contributed by atoms with van der Waals surface area (Å²) in [6.07, 6.45) is 14.2. The third-order valence-corrected chi connectivity index (χ3v) is 6.11. The summed E-state index contributed by atoms with van der Waals surface area (Å²) in [6, 6.07) is 12.8. The number of para-hydroxylation sites is 1. The summed E-state index contributed by atoms with van der Waals surface area (Å²) in [7, 11) is 0. The van der Waals surface area contributed by atoms with Crippen LogP contribution in [-0.2, 0) is 0 Å². The van der Waals surface area contributed by atoms with Gasteiger partial charge in [0.15, 0.2) is 0 Å². The molecule has 0 amide bonds. The van der Waals surface area contributed by atoms with E-state index in [-0.39, 0.29) is 0 Å². The van der Waals surface area contributed by atoms with Crippen LogP contribution in [0, 0.1) is 0 Å². The summed E-state index contributed by atoms with van der Waals surface area (Å²) in [5.41, 5.74) is 1.10. The molecule has 0 bridgehead atoms. The number of hydrogen-bond donors (Lipinski definition) is 0. The van der Waals surface area contributed by atoms with Gasteiger partial charge in [0, 0.05) is 31.6 Å². The van der Waals surface area contributed by atoms with Gasteiger partial charge in [-0.05, 0) is 31.2 Å². The molecule has 0 N–H and O–H groups in total. The molecule has 1 aliphatic rings. The molecule has 2 heterocycles. The Labute approximate surface area is 172 Å². The number of piperazine rings is 1. The number of benzene rings is 1. The van der Waals surface area contributed by atoms with Gasteiger partial charge in [0.1, 0.15) is 5.82 Å². The Kier molecular flexibility index (Phi) is 9.09. The Morgan fingerprint density at radius 1 is 0.714 bits per heavy atom. The van der Waals surface area contributed by atoms with Gasteiger partial charge in [-0.15, -0.1) is 0 Å². The van der Waals surface area contributed by atoms with Crippen LogP contribution < -0.4 is 4.90 Å². The van der Waals surface area contributed by atoms with Gasteiger partial charge in [-0.2, -0.15) is 0 Å². The van der Waals surface area contributed by atoms with Crippen LogP contribution in [0.25, 0.3) is 10.9 Å². The van der Waals surface area contributed by atoms with E-state index >= 15 is 0 Å². The number of hydrogen-bond acceptors (Lipinski definition) is 3. The second-order valence-corrected chi connectivity index (χ2v) is 8.37. The van der Waals surface area contributed by atoms with Crippen LogP contribution in [0.3, 0.4) is 0 Å². The number of anilines is 1. The summed E-state index contributed by atoms with van der Waals surface area (Å²) in [4.78, 5) is 9.95. The first kappa shape index (κ1) is 21.1. The van der Waals surface area contributed by atoms with Crippen molar-refractivity contribution in [2.24, 2.45) is 0 Å². The minimum Gasteiger partial charge on any atom is -0.354 e. The highest BCUT2D eigenvalue weighted by Crippen LogP contribution is 2.19. The average molecular weight is 382 g/mol. The lowest BCUT2D eigenvalue weighted by molar-refractivity contribution is 0.251. The van der Waals surface area contributed by atoms with E-state index in [1.165, 1.54) is 89.2 Å². The quantitative estimate of drug-likeness (QED) is 0.403. The van der Waals surface area contributed by atoms with E-state index < -0.39 is 0 Å². The molecular formula is C25H39N3. The largest absolute Gasteiger partial charge is 0.354 e. The maximum absolute atomic E-state index is 4.86. The van der Waals surface area contributed by atoms with E-state index in [0.717, 1.165) is 24.4 Å². The van der Waals surface area contributed by atoms with E-state index in [1.807, 2.05) is 0 Å². The third-order valence-electron chi connectivity index (χ3n) is 6.11. The summed E-state index contributed by atoms with van der Waals surface area (Å²) in [5, 5.41) is 1.23. The van der Waals surface area contributed by atoms with Crippen molar-refractivity contribution in [3.05, 3.63) is 36.4 Å². The van der Waals surface area contributed by atoms with Gasteiger partial charge in [0.05, 0.1) is 5.52 Å². The molecule has 28 heavy (non-hydrogen) atoms. The summed E-state index contributed by atoms with van der Waals surface area (Å²) in [5.74, 6) is 1.14. The molecule has 2 aromatic rings. The van der Waals surface area contributed by atoms with Crippen LogP contribution in [0.15, 0.2) is 36.4 Å². The van der Waals surface area contributed by atoms with Gasteiger partial charge in [0.25, 0.3) is 0 Å². The normalized spacial score (nSPS) is 15.4. The Morgan fingerprint density at radius 2 is 1.36 bits per heavy atom. The van der Waals surface area contributed by atoms with Gasteiger partial charge in [-0.1, -0.05) is 82.9 Å². The van der Waals surface area contributed by atoms with E-state index in [2.05, 4.69) is 53.1 Å². The molecular weight excluding hydrogens is 342 g/mol. The fraction of sp³-hybridized carbons (Fsp3) is 0.640. The van der Waals surface area contributed by atoms with Crippen LogP contribution in [0.5, 0.6) is 0 Å². The van der Waals surface area contributed by atoms with Crippen molar-refractivity contribution in [2.75, 3.05) is 37.6 Å². The summed E-state index contributed by atoms with van der Waals surface area (Å²) >= 11 is 0. The van der Waals surface area contributed by atoms with Gasteiger partial charge in [0.2, 0.25) is 0 Å². The molecule has 3 nitrogen and oxygen atoms in total. The highest BCUT2D eigenvalue weighted by Gasteiger charge is 2.17. The van der Waals surface area contributed by atoms with Crippen molar-refractivity contribution >= 4 is 16.7 Å². The lowest BCUT2D eigenvalue weighted by atomic mass is 10.1. The zero-order valence-corrected chi connectivity index (χ0v) is 17.9. The molecule has 3 heteroatoms. The Bertz CT molecular complexity index is 676. The molecule has 1 aromatic heterocycles. The molecule has 1 fully saturated rings. The number of pyridine rings is 1. The van der Waals surface area contributed by atoms with Crippen LogP contribution in [0.1, 0.15) is 71.1 Å². The van der Waals surface area contributed by atoms with Crippen molar-refractivity contribution in [1.82, 2.24) is 9.88 Å². The number of rotatable bonds is 12.